The van der Waals surface area contributed by atoms with Gasteiger partial charge in [0.25, 0.3) is 5.91 Å². The maximum Gasteiger partial charge on any atom is 0.303 e. The lowest BCUT2D eigenvalue weighted by molar-refractivity contribution is -0.153. The number of rotatable bonds is 8. The third-order valence-corrected chi connectivity index (χ3v) is 5.02. The van der Waals surface area contributed by atoms with E-state index >= 15 is 0 Å². The van der Waals surface area contributed by atoms with Gasteiger partial charge in [0.05, 0.1) is 36.7 Å². The molecule has 0 bridgehead atoms. The summed E-state index contributed by atoms with van der Waals surface area (Å²) < 4.78 is 19.0. The van der Waals surface area contributed by atoms with Gasteiger partial charge in [-0.15, -0.1) is 0 Å². The Morgan fingerprint density at radius 3 is 2.61 bits per heavy atom. The molecule has 1 aliphatic heterocycles. The highest BCUT2D eigenvalue weighted by atomic mass is 32.1. The fraction of sp³-hybridized carbons (Fsp3) is 0.778. The highest BCUT2D eigenvalue weighted by Crippen LogP contribution is 2.22. The fourth-order valence-electron chi connectivity index (χ4n) is 2.97. The molecule has 0 unspecified atom stereocenters. The van der Waals surface area contributed by atoms with Gasteiger partial charge in [0.1, 0.15) is 0 Å². The number of aliphatic hydroxyl groups is 1. The predicted molar refractivity (Wildman–Crippen MR) is 105 cm³/mol. The number of nitrogens with zero attached hydrogens (tertiary/aromatic N) is 4. The molecule has 0 saturated carbocycles. The summed E-state index contributed by atoms with van der Waals surface area (Å²) in [6, 6.07) is 0. The van der Waals surface area contributed by atoms with Crippen molar-refractivity contribution in [1.29, 1.82) is 0 Å². The summed E-state index contributed by atoms with van der Waals surface area (Å²) in [5, 5.41) is 10.5. The molecule has 0 radical (unpaired) electrons. The monoisotopic (exact) mass is 414 g/mol. The molecule has 1 amide bonds. The van der Waals surface area contributed by atoms with Crippen LogP contribution in [0.1, 0.15) is 39.8 Å². The maximum absolute atomic E-state index is 12.4. The zero-order valence-electron chi connectivity index (χ0n) is 17.0. The maximum atomic E-state index is 12.4. The molecule has 2 rings (SSSR count). The van der Waals surface area contributed by atoms with E-state index in [1.54, 1.807) is 4.90 Å². The van der Waals surface area contributed by atoms with Gasteiger partial charge >= 0.3 is 5.97 Å². The Hall–Kier alpha value is -1.78. The number of aliphatic hydroxyl groups excluding tert-OH is 1. The molecule has 10 heteroatoms. The van der Waals surface area contributed by atoms with Crippen LogP contribution in [0.25, 0.3) is 0 Å². The number of hydrogen-bond donors (Lipinski definition) is 1. The molecule has 1 aromatic rings. The molecule has 1 aromatic heterocycles. The van der Waals surface area contributed by atoms with Gasteiger partial charge in [-0.05, 0) is 33.6 Å². The van der Waals surface area contributed by atoms with E-state index in [0.29, 0.717) is 26.1 Å². The van der Waals surface area contributed by atoms with Gasteiger partial charge in [-0.25, -0.2) is 0 Å². The van der Waals surface area contributed by atoms with Crippen LogP contribution >= 0.6 is 11.7 Å². The Balaban J connectivity index is 1.92. The topological polar surface area (TPSA) is 105 Å². The largest absolute Gasteiger partial charge is 0.456 e. The Kier molecular flexibility index (Phi) is 8.14. The summed E-state index contributed by atoms with van der Waals surface area (Å²) in [6.45, 7) is 9.65. The van der Waals surface area contributed by atoms with E-state index in [-0.39, 0.29) is 19.1 Å². The first-order chi connectivity index (χ1) is 13.2. The Morgan fingerprint density at radius 1 is 1.32 bits per heavy atom. The molecule has 158 valence electrons. The van der Waals surface area contributed by atoms with Crippen molar-refractivity contribution in [3.8, 4) is 0 Å². The second-order valence-electron chi connectivity index (χ2n) is 7.78. The number of anilines is 1. The van der Waals surface area contributed by atoms with E-state index in [4.69, 9.17) is 9.47 Å². The molecule has 2 heterocycles. The highest BCUT2D eigenvalue weighted by Gasteiger charge is 2.29. The normalized spacial score (nSPS) is 16.0. The SMILES string of the molecule is CC(=O)OCC(=O)N(C[C@H](O)CCc1nsnc1N1CCOCC1)C(C)(C)C. The summed E-state index contributed by atoms with van der Waals surface area (Å²) in [5.74, 6) is 0.0274. The number of carbonyl (C=O) groups excluding carboxylic acids is 2. The first-order valence-corrected chi connectivity index (χ1v) is 10.2. The number of ether oxygens (including phenoxy) is 2. The van der Waals surface area contributed by atoms with Crippen molar-refractivity contribution in [2.45, 2.75) is 52.2 Å². The molecule has 1 aliphatic rings. The third-order valence-electron chi connectivity index (χ3n) is 4.46. The van der Waals surface area contributed by atoms with Crippen LogP contribution in [0.4, 0.5) is 5.82 Å². The summed E-state index contributed by atoms with van der Waals surface area (Å²) in [4.78, 5) is 27.1. The fourth-order valence-corrected chi connectivity index (χ4v) is 3.58. The molecule has 0 aliphatic carbocycles. The van der Waals surface area contributed by atoms with Crippen LogP contribution in [0.2, 0.25) is 0 Å². The van der Waals surface area contributed by atoms with Crippen molar-refractivity contribution in [3.63, 3.8) is 0 Å². The lowest BCUT2D eigenvalue weighted by atomic mass is 10.0. The molecule has 1 saturated heterocycles. The summed E-state index contributed by atoms with van der Waals surface area (Å²) in [5.41, 5.74) is 0.360. The Morgan fingerprint density at radius 2 is 2.00 bits per heavy atom. The van der Waals surface area contributed by atoms with Gasteiger partial charge in [-0.3, -0.25) is 9.59 Å². The van der Waals surface area contributed by atoms with Crippen molar-refractivity contribution in [3.05, 3.63) is 5.69 Å². The first kappa shape index (κ1) is 22.5. The standard InChI is InChI=1S/C18H30N4O5S/c1-13(23)27-12-16(25)22(18(2,3)4)11-14(24)5-6-15-17(20-28-19-15)21-7-9-26-10-8-21/h14,24H,5-12H2,1-4H3/t14-/m1/s1. The van der Waals surface area contributed by atoms with Crippen molar-refractivity contribution in [1.82, 2.24) is 13.6 Å². The van der Waals surface area contributed by atoms with Crippen molar-refractivity contribution < 1.29 is 24.2 Å². The van der Waals surface area contributed by atoms with E-state index in [1.807, 2.05) is 20.8 Å². The molecule has 1 fully saturated rings. The second kappa shape index (κ2) is 10.1. The lowest BCUT2D eigenvalue weighted by Crippen LogP contribution is -2.50. The molecule has 9 nitrogen and oxygen atoms in total. The number of esters is 1. The van der Waals surface area contributed by atoms with Crippen LogP contribution in [-0.2, 0) is 25.5 Å². The Bertz CT molecular complexity index is 655. The molecule has 28 heavy (non-hydrogen) atoms. The molecule has 1 atom stereocenters. The van der Waals surface area contributed by atoms with Crippen LogP contribution in [0.15, 0.2) is 0 Å². The molecular formula is C18H30N4O5S. The van der Waals surface area contributed by atoms with Crippen molar-refractivity contribution in [2.24, 2.45) is 0 Å². The number of amides is 1. The number of morpholine rings is 1. The molecular weight excluding hydrogens is 384 g/mol. The summed E-state index contributed by atoms with van der Waals surface area (Å²) in [6.07, 6.45) is 0.302. The molecule has 0 spiro atoms. The van der Waals surface area contributed by atoms with E-state index in [2.05, 4.69) is 13.6 Å². The smallest absolute Gasteiger partial charge is 0.303 e. The summed E-state index contributed by atoms with van der Waals surface area (Å²) in [7, 11) is 0. The van der Waals surface area contributed by atoms with Crippen LogP contribution in [-0.4, -0.2) is 81.7 Å². The number of aryl methyl sites for hydroxylation is 1. The van der Waals surface area contributed by atoms with Gasteiger partial charge < -0.3 is 24.4 Å². The zero-order chi connectivity index (χ0) is 20.7. The van der Waals surface area contributed by atoms with E-state index in [0.717, 1.165) is 24.6 Å². The van der Waals surface area contributed by atoms with Crippen LogP contribution in [0, 0.1) is 0 Å². The van der Waals surface area contributed by atoms with E-state index in [9.17, 15) is 14.7 Å². The van der Waals surface area contributed by atoms with Crippen LogP contribution < -0.4 is 4.90 Å². The quantitative estimate of drug-likeness (QED) is 0.625. The minimum absolute atomic E-state index is 0.161. The Labute approximate surface area is 169 Å². The van der Waals surface area contributed by atoms with Gasteiger partial charge in [0.2, 0.25) is 0 Å². The van der Waals surface area contributed by atoms with Gasteiger partial charge in [0.15, 0.2) is 12.4 Å². The van der Waals surface area contributed by atoms with E-state index in [1.165, 1.54) is 18.7 Å². The van der Waals surface area contributed by atoms with Crippen LogP contribution in [0.3, 0.4) is 0 Å². The minimum atomic E-state index is -0.722. The molecule has 1 N–H and O–H groups in total. The van der Waals surface area contributed by atoms with Crippen LogP contribution in [0.5, 0.6) is 0 Å². The van der Waals surface area contributed by atoms with Crippen molar-refractivity contribution >= 4 is 29.4 Å². The number of hydrogen-bond acceptors (Lipinski definition) is 9. The van der Waals surface area contributed by atoms with Gasteiger partial charge in [0, 0.05) is 32.1 Å². The van der Waals surface area contributed by atoms with Crippen molar-refractivity contribution in [2.75, 3.05) is 44.4 Å². The summed E-state index contributed by atoms with van der Waals surface area (Å²) >= 11 is 1.17. The number of aromatic nitrogens is 2. The van der Waals surface area contributed by atoms with Gasteiger partial charge in [-0.2, -0.15) is 8.75 Å². The average molecular weight is 415 g/mol. The number of β-amino-alcohol motifs (C(OH)–C–C–N with tert-alkyl or cyclic N) is 1. The zero-order valence-corrected chi connectivity index (χ0v) is 17.8. The predicted octanol–water partition coefficient (Wildman–Crippen LogP) is 0.858. The second-order valence-corrected chi connectivity index (χ2v) is 8.31. The third kappa shape index (κ3) is 6.68. The van der Waals surface area contributed by atoms with Gasteiger partial charge in [-0.1, -0.05) is 0 Å². The minimum Gasteiger partial charge on any atom is -0.456 e. The average Bonchev–Trinajstić information content (AvgIpc) is 3.11. The molecule has 0 aromatic carbocycles. The van der Waals surface area contributed by atoms with E-state index < -0.39 is 17.6 Å². The highest BCUT2D eigenvalue weighted by molar-refractivity contribution is 6.99. The lowest BCUT2D eigenvalue weighted by Gasteiger charge is -2.37. The number of carbonyl (C=O) groups is 2. The first-order valence-electron chi connectivity index (χ1n) is 9.44.